The molecule has 1 aliphatic rings. The molecule has 1 aromatic rings. The number of nitro benzene ring substituents is 1. The van der Waals surface area contributed by atoms with Crippen molar-refractivity contribution in [2.75, 3.05) is 13.1 Å². The van der Waals surface area contributed by atoms with Gasteiger partial charge in [0.05, 0.1) is 24.6 Å². The lowest BCUT2D eigenvalue weighted by Gasteiger charge is -2.26. The van der Waals surface area contributed by atoms with E-state index in [0.29, 0.717) is 5.56 Å². The molecule has 0 bridgehead atoms. The zero-order valence-electron chi connectivity index (χ0n) is 9.46. The van der Waals surface area contributed by atoms with Crippen LogP contribution >= 0.6 is 0 Å². The van der Waals surface area contributed by atoms with E-state index in [1.54, 1.807) is 18.2 Å². The summed E-state index contributed by atoms with van der Waals surface area (Å²) in [6, 6.07) is 6.19. The van der Waals surface area contributed by atoms with Gasteiger partial charge in [0, 0.05) is 11.6 Å². The first-order chi connectivity index (χ1) is 8.58. The fourth-order valence-corrected chi connectivity index (χ4v) is 1.78. The molecular formula is C11H11N3O4. The summed E-state index contributed by atoms with van der Waals surface area (Å²) in [6.45, 7) is -0.0479. The normalized spacial score (nSPS) is 15.4. The zero-order chi connectivity index (χ0) is 13.1. The topological polar surface area (TPSA) is 92.6 Å². The average molecular weight is 249 g/mol. The molecule has 0 unspecified atom stereocenters. The molecule has 1 heterocycles. The van der Waals surface area contributed by atoms with Crippen LogP contribution < -0.4 is 5.32 Å². The number of hydrogen-bond donors (Lipinski definition) is 1. The Kier molecular flexibility index (Phi) is 3.22. The van der Waals surface area contributed by atoms with Gasteiger partial charge >= 0.3 is 0 Å². The van der Waals surface area contributed by atoms with Crippen LogP contribution in [0.25, 0.3) is 0 Å². The Labute approximate surface area is 103 Å². The van der Waals surface area contributed by atoms with Crippen molar-refractivity contribution in [1.29, 1.82) is 0 Å². The van der Waals surface area contributed by atoms with E-state index in [4.69, 9.17) is 0 Å². The number of nitrogens with zero attached hydrogens (tertiary/aromatic N) is 2. The third-order valence-corrected chi connectivity index (χ3v) is 2.67. The van der Waals surface area contributed by atoms with Crippen molar-refractivity contribution in [3.63, 3.8) is 0 Å². The van der Waals surface area contributed by atoms with Crippen LogP contribution in [0.3, 0.4) is 0 Å². The SMILES string of the molecule is O=C1CN(Cc2ccccc2[N+](=O)[O-])C(=O)CN1. The maximum atomic E-state index is 11.6. The minimum absolute atomic E-state index is 0.0451. The van der Waals surface area contributed by atoms with Crippen LogP contribution in [0.1, 0.15) is 5.56 Å². The van der Waals surface area contributed by atoms with Gasteiger partial charge in [-0.3, -0.25) is 19.7 Å². The van der Waals surface area contributed by atoms with Crippen LogP contribution in [-0.4, -0.2) is 34.7 Å². The number of piperazine rings is 1. The Balaban J connectivity index is 2.20. The van der Waals surface area contributed by atoms with Crippen LogP contribution in [0.4, 0.5) is 5.69 Å². The van der Waals surface area contributed by atoms with E-state index in [1.165, 1.54) is 11.0 Å². The fraction of sp³-hybridized carbons (Fsp3) is 0.273. The highest BCUT2D eigenvalue weighted by Gasteiger charge is 2.25. The largest absolute Gasteiger partial charge is 0.345 e. The van der Waals surface area contributed by atoms with Gasteiger partial charge in [-0.15, -0.1) is 0 Å². The lowest BCUT2D eigenvalue weighted by molar-refractivity contribution is -0.385. The Morgan fingerprint density at radius 3 is 2.78 bits per heavy atom. The maximum absolute atomic E-state index is 11.6. The molecule has 2 amide bonds. The molecule has 0 saturated carbocycles. The standard InChI is InChI=1S/C11H11N3O4/c15-10-7-13(11(16)5-12-10)6-8-3-1-2-4-9(8)14(17)18/h1-4H,5-7H2,(H,12,15). The van der Waals surface area contributed by atoms with Gasteiger partial charge in [-0.2, -0.15) is 0 Å². The average Bonchev–Trinajstić information content (AvgIpc) is 2.34. The predicted octanol–water partition coefficient (Wildman–Crippen LogP) is 0.0532. The highest BCUT2D eigenvalue weighted by molar-refractivity contribution is 5.92. The van der Waals surface area contributed by atoms with Crippen LogP contribution in [0.2, 0.25) is 0 Å². The summed E-state index contributed by atoms with van der Waals surface area (Å²) in [6.07, 6.45) is 0. The number of benzene rings is 1. The second kappa shape index (κ2) is 4.82. The lowest BCUT2D eigenvalue weighted by Crippen LogP contribution is -2.51. The van der Waals surface area contributed by atoms with Crippen molar-refractivity contribution >= 4 is 17.5 Å². The molecule has 0 radical (unpaired) electrons. The van der Waals surface area contributed by atoms with Crippen LogP contribution in [0, 0.1) is 10.1 Å². The summed E-state index contributed by atoms with van der Waals surface area (Å²) in [5.74, 6) is -0.499. The van der Waals surface area contributed by atoms with Crippen molar-refractivity contribution in [2.24, 2.45) is 0 Å². The number of para-hydroxylation sites is 1. The fourth-order valence-electron chi connectivity index (χ4n) is 1.78. The molecule has 0 atom stereocenters. The van der Waals surface area contributed by atoms with Gasteiger partial charge in [0.25, 0.3) is 5.69 Å². The van der Waals surface area contributed by atoms with Crippen molar-refractivity contribution in [1.82, 2.24) is 10.2 Å². The quantitative estimate of drug-likeness (QED) is 0.605. The van der Waals surface area contributed by atoms with Crippen LogP contribution in [0.15, 0.2) is 24.3 Å². The van der Waals surface area contributed by atoms with Gasteiger partial charge in [-0.25, -0.2) is 0 Å². The van der Waals surface area contributed by atoms with Crippen LogP contribution in [0.5, 0.6) is 0 Å². The first-order valence-corrected chi connectivity index (χ1v) is 5.34. The van der Waals surface area contributed by atoms with Gasteiger partial charge in [-0.1, -0.05) is 18.2 Å². The van der Waals surface area contributed by atoms with Crippen molar-refractivity contribution in [2.45, 2.75) is 6.54 Å². The molecule has 1 fully saturated rings. The minimum atomic E-state index is -0.496. The minimum Gasteiger partial charge on any atom is -0.345 e. The summed E-state index contributed by atoms with van der Waals surface area (Å²) in [5, 5.41) is 13.3. The third kappa shape index (κ3) is 2.45. The number of carbonyl (C=O) groups is 2. The zero-order valence-corrected chi connectivity index (χ0v) is 9.46. The second-order valence-electron chi connectivity index (χ2n) is 3.91. The number of hydrogen-bond acceptors (Lipinski definition) is 4. The monoisotopic (exact) mass is 249 g/mol. The number of nitro groups is 1. The lowest BCUT2D eigenvalue weighted by atomic mass is 10.1. The molecule has 18 heavy (non-hydrogen) atoms. The van der Waals surface area contributed by atoms with Crippen LogP contribution in [-0.2, 0) is 16.1 Å². The van der Waals surface area contributed by atoms with Gasteiger partial charge in [0.2, 0.25) is 11.8 Å². The van der Waals surface area contributed by atoms with E-state index in [2.05, 4.69) is 5.32 Å². The molecular weight excluding hydrogens is 238 g/mol. The molecule has 7 heteroatoms. The molecule has 0 aromatic heterocycles. The molecule has 1 aliphatic heterocycles. The molecule has 1 aromatic carbocycles. The van der Waals surface area contributed by atoms with Crippen molar-refractivity contribution < 1.29 is 14.5 Å². The Morgan fingerprint density at radius 2 is 2.06 bits per heavy atom. The molecule has 1 saturated heterocycles. The summed E-state index contributed by atoms with van der Waals surface area (Å²) >= 11 is 0. The number of carbonyl (C=O) groups excluding carboxylic acids is 2. The molecule has 0 spiro atoms. The first-order valence-electron chi connectivity index (χ1n) is 5.34. The Morgan fingerprint density at radius 1 is 1.33 bits per heavy atom. The van der Waals surface area contributed by atoms with E-state index < -0.39 is 4.92 Å². The molecule has 7 nitrogen and oxygen atoms in total. The van der Waals surface area contributed by atoms with E-state index in [9.17, 15) is 19.7 Å². The maximum Gasteiger partial charge on any atom is 0.274 e. The summed E-state index contributed by atoms with van der Waals surface area (Å²) in [7, 11) is 0. The summed E-state index contributed by atoms with van der Waals surface area (Å²) < 4.78 is 0. The van der Waals surface area contributed by atoms with E-state index >= 15 is 0 Å². The highest BCUT2D eigenvalue weighted by atomic mass is 16.6. The van der Waals surface area contributed by atoms with Gasteiger partial charge < -0.3 is 10.2 Å². The smallest absolute Gasteiger partial charge is 0.274 e. The summed E-state index contributed by atoms with van der Waals surface area (Å²) in [5.41, 5.74) is 0.377. The van der Waals surface area contributed by atoms with Crippen molar-refractivity contribution in [3.05, 3.63) is 39.9 Å². The summed E-state index contributed by atoms with van der Waals surface area (Å²) in [4.78, 5) is 34.4. The molecule has 94 valence electrons. The first kappa shape index (κ1) is 12.0. The van der Waals surface area contributed by atoms with Crippen molar-refractivity contribution in [3.8, 4) is 0 Å². The molecule has 0 aliphatic carbocycles. The predicted molar refractivity (Wildman–Crippen MR) is 61.5 cm³/mol. The second-order valence-corrected chi connectivity index (χ2v) is 3.91. The third-order valence-electron chi connectivity index (χ3n) is 2.67. The number of rotatable bonds is 3. The number of amides is 2. The number of nitrogens with one attached hydrogen (secondary N) is 1. The van der Waals surface area contributed by atoms with E-state index in [1.807, 2.05) is 0 Å². The van der Waals surface area contributed by atoms with Gasteiger partial charge in [0.1, 0.15) is 0 Å². The Bertz CT molecular complexity index is 515. The van der Waals surface area contributed by atoms with E-state index in [0.717, 1.165) is 0 Å². The highest BCUT2D eigenvalue weighted by Crippen LogP contribution is 2.19. The molecule has 2 rings (SSSR count). The van der Waals surface area contributed by atoms with Gasteiger partial charge in [0.15, 0.2) is 0 Å². The molecule has 1 N–H and O–H groups in total. The van der Waals surface area contributed by atoms with Gasteiger partial charge in [-0.05, 0) is 0 Å². The Hall–Kier alpha value is -2.44. The van der Waals surface area contributed by atoms with E-state index in [-0.39, 0.29) is 37.1 Å².